The maximum absolute atomic E-state index is 12.9. The molecule has 1 fully saturated rings. The molecule has 0 radical (unpaired) electrons. The number of fused-ring (bicyclic) bond motifs is 1. The number of ether oxygens (including phenoxy) is 1. The monoisotopic (exact) mass is 372 g/mol. The van der Waals surface area contributed by atoms with Crippen molar-refractivity contribution >= 4 is 23.0 Å². The second-order valence-electron chi connectivity index (χ2n) is 7.35. The van der Waals surface area contributed by atoms with Gasteiger partial charge in [0.1, 0.15) is 5.82 Å². The number of rotatable bonds is 5. The van der Waals surface area contributed by atoms with E-state index in [1.54, 1.807) is 11.8 Å². The number of aromatic amines is 1. The second-order valence-corrected chi connectivity index (χ2v) is 7.35. The van der Waals surface area contributed by atoms with Crippen molar-refractivity contribution in [3.05, 3.63) is 30.1 Å². The van der Waals surface area contributed by atoms with Gasteiger partial charge < -0.3 is 19.9 Å². The molecule has 27 heavy (non-hydrogen) atoms. The first kappa shape index (κ1) is 19.2. The van der Waals surface area contributed by atoms with Crippen molar-refractivity contribution in [3.8, 4) is 0 Å². The predicted molar refractivity (Wildman–Crippen MR) is 103 cm³/mol. The van der Waals surface area contributed by atoms with Gasteiger partial charge in [-0.2, -0.15) is 0 Å². The zero-order chi connectivity index (χ0) is 19.4. The molecule has 0 saturated carbocycles. The van der Waals surface area contributed by atoms with E-state index in [9.17, 15) is 9.59 Å². The Balaban J connectivity index is 1.70. The molecule has 7 nitrogen and oxygen atoms in total. The van der Waals surface area contributed by atoms with Crippen LogP contribution in [0.2, 0.25) is 0 Å². The van der Waals surface area contributed by atoms with E-state index < -0.39 is 0 Å². The van der Waals surface area contributed by atoms with Crippen molar-refractivity contribution in [1.82, 2.24) is 20.2 Å². The number of likely N-dealkylation sites (tertiary alicyclic amines) is 1. The summed E-state index contributed by atoms with van der Waals surface area (Å²) < 4.78 is 5.07. The number of H-pyrrole nitrogens is 1. The number of hydrogen-bond acceptors (Lipinski definition) is 4. The predicted octanol–water partition coefficient (Wildman–Crippen LogP) is 3.24. The molecule has 1 saturated heterocycles. The Morgan fingerprint density at radius 3 is 2.85 bits per heavy atom. The van der Waals surface area contributed by atoms with E-state index in [-0.39, 0.29) is 29.9 Å². The van der Waals surface area contributed by atoms with Crippen molar-refractivity contribution in [2.75, 3.05) is 19.7 Å². The highest BCUT2D eigenvalue weighted by molar-refractivity contribution is 5.81. The van der Waals surface area contributed by atoms with Gasteiger partial charge in [-0.15, -0.1) is 0 Å². The summed E-state index contributed by atoms with van der Waals surface area (Å²) in [7, 11) is 0. The second kappa shape index (κ2) is 8.41. The molecule has 2 aromatic rings. The van der Waals surface area contributed by atoms with Crippen LogP contribution in [0.4, 0.5) is 4.79 Å². The number of piperidine rings is 1. The topological polar surface area (TPSA) is 87.3 Å². The van der Waals surface area contributed by atoms with Crippen LogP contribution in [0.1, 0.15) is 45.5 Å². The molecule has 146 valence electrons. The van der Waals surface area contributed by atoms with Gasteiger partial charge >= 0.3 is 6.09 Å². The van der Waals surface area contributed by atoms with Crippen molar-refractivity contribution in [2.45, 2.75) is 39.7 Å². The van der Waals surface area contributed by atoms with Gasteiger partial charge in [0.2, 0.25) is 5.91 Å². The summed E-state index contributed by atoms with van der Waals surface area (Å²) >= 11 is 0. The number of hydrogen-bond donors (Lipinski definition) is 2. The lowest BCUT2D eigenvalue weighted by Crippen LogP contribution is -2.46. The molecule has 7 heteroatoms. The molecule has 1 aliphatic rings. The summed E-state index contributed by atoms with van der Waals surface area (Å²) in [5.74, 6) is 0.675. The highest BCUT2D eigenvalue weighted by Crippen LogP contribution is 2.24. The Labute approximate surface area is 159 Å². The number of aromatic nitrogens is 2. The maximum atomic E-state index is 12.9. The minimum absolute atomic E-state index is 0.0387. The van der Waals surface area contributed by atoms with Gasteiger partial charge in [-0.25, -0.2) is 9.78 Å². The Bertz CT molecular complexity index is 768. The first-order valence-corrected chi connectivity index (χ1v) is 9.66. The number of nitrogens with one attached hydrogen (secondary N) is 2. The highest BCUT2D eigenvalue weighted by Gasteiger charge is 2.31. The van der Waals surface area contributed by atoms with Gasteiger partial charge in [-0.1, -0.05) is 26.0 Å². The summed E-state index contributed by atoms with van der Waals surface area (Å²) in [6, 6.07) is 7.63. The third-order valence-electron chi connectivity index (χ3n) is 4.98. The summed E-state index contributed by atoms with van der Waals surface area (Å²) in [5.41, 5.74) is 1.84. The Morgan fingerprint density at radius 1 is 1.37 bits per heavy atom. The Morgan fingerprint density at radius 2 is 2.15 bits per heavy atom. The number of nitrogens with zero attached hydrogens (tertiary/aromatic N) is 2. The smallest absolute Gasteiger partial charge is 0.409 e. The molecule has 1 aromatic heterocycles. The molecule has 2 atom stereocenters. The lowest BCUT2D eigenvalue weighted by molar-refractivity contribution is -0.127. The van der Waals surface area contributed by atoms with Crippen LogP contribution in [0.5, 0.6) is 0 Å². The minimum Gasteiger partial charge on any atom is -0.450 e. The summed E-state index contributed by atoms with van der Waals surface area (Å²) in [5, 5.41) is 3.14. The molecule has 3 rings (SSSR count). The van der Waals surface area contributed by atoms with Crippen LogP contribution in [0.3, 0.4) is 0 Å². The lowest BCUT2D eigenvalue weighted by atomic mass is 9.95. The number of carbonyl (C=O) groups excluding carboxylic acids is 2. The van der Waals surface area contributed by atoms with Gasteiger partial charge in [0.25, 0.3) is 0 Å². The summed E-state index contributed by atoms with van der Waals surface area (Å²) in [6.45, 7) is 7.28. The highest BCUT2D eigenvalue weighted by atomic mass is 16.6. The third kappa shape index (κ3) is 4.40. The lowest BCUT2D eigenvalue weighted by Gasteiger charge is -2.32. The number of para-hydroxylation sites is 2. The molecule has 2 N–H and O–H groups in total. The number of imidazole rings is 1. The molecule has 0 spiro atoms. The number of carbonyl (C=O) groups is 2. The first-order valence-electron chi connectivity index (χ1n) is 9.66. The minimum atomic E-state index is -0.340. The van der Waals surface area contributed by atoms with Crippen LogP contribution >= 0.6 is 0 Å². The molecule has 2 heterocycles. The summed E-state index contributed by atoms with van der Waals surface area (Å²) in [6.07, 6.45) is 1.23. The van der Waals surface area contributed by atoms with Gasteiger partial charge in [0, 0.05) is 13.1 Å². The van der Waals surface area contributed by atoms with Crippen LogP contribution in [-0.2, 0) is 9.53 Å². The largest absolute Gasteiger partial charge is 0.450 e. The Kier molecular flexibility index (Phi) is 5.98. The van der Waals surface area contributed by atoms with E-state index in [0.717, 1.165) is 29.7 Å². The number of benzene rings is 1. The fraction of sp³-hybridized carbons (Fsp3) is 0.550. The molecule has 1 aliphatic heterocycles. The van der Waals surface area contributed by atoms with Crippen molar-refractivity contribution in [2.24, 2.45) is 11.8 Å². The fourth-order valence-electron chi connectivity index (χ4n) is 3.51. The fourth-order valence-corrected chi connectivity index (χ4v) is 3.51. The van der Waals surface area contributed by atoms with E-state index in [1.165, 1.54) is 0 Å². The average Bonchev–Trinajstić information content (AvgIpc) is 3.09. The molecule has 2 amide bonds. The van der Waals surface area contributed by atoms with Crippen LogP contribution in [-0.4, -0.2) is 46.6 Å². The number of amides is 2. The van der Waals surface area contributed by atoms with Gasteiger partial charge in [-0.3, -0.25) is 4.79 Å². The molecular weight excluding hydrogens is 344 g/mol. The van der Waals surface area contributed by atoms with E-state index in [0.29, 0.717) is 19.7 Å². The maximum Gasteiger partial charge on any atom is 0.409 e. The molecular formula is C20H28N4O3. The van der Waals surface area contributed by atoms with E-state index >= 15 is 0 Å². The van der Waals surface area contributed by atoms with E-state index in [4.69, 9.17) is 4.74 Å². The van der Waals surface area contributed by atoms with Gasteiger partial charge in [0.05, 0.1) is 29.6 Å². The normalized spacial score (nSPS) is 18.5. The van der Waals surface area contributed by atoms with Crippen LogP contribution in [0.15, 0.2) is 24.3 Å². The molecule has 0 aliphatic carbocycles. The third-order valence-corrected chi connectivity index (χ3v) is 4.98. The molecule has 0 bridgehead atoms. The standard InChI is InChI=1S/C20H28N4O3/c1-4-27-20(26)24-11-7-8-14(12-24)19(25)23-17(13(2)3)18-21-15-9-5-6-10-16(15)22-18/h5-6,9-10,13-14,17H,4,7-8,11-12H2,1-3H3,(H,21,22)(H,23,25). The van der Waals surface area contributed by atoms with E-state index in [2.05, 4.69) is 29.1 Å². The van der Waals surface area contributed by atoms with Crippen LogP contribution < -0.4 is 5.32 Å². The zero-order valence-corrected chi connectivity index (χ0v) is 16.2. The SMILES string of the molecule is CCOC(=O)N1CCCC(C(=O)NC(c2nc3ccccc3[nH]2)C(C)C)C1. The molecule has 1 aromatic carbocycles. The quantitative estimate of drug-likeness (QED) is 0.843. The average molecular weight is 372 g/mol. The molecule has 2 unspecified atom stereocenters. The van der Waals surface area contributed by atoms with Crippen molar-refractivity contribution in [1.29, 1.82) is 0 Å². The van der Waals surface area contributed by atoms with Crippen LogP contribution in [0, 0.1) is 11.8 Å². The first-order chi connectivity index (χ1) is 13.0. The van der Waals surface area contributed by atoms with Gasteiger partial charge in [-0.05, 0) is 37.8 Å². The Hall–Kier alpha value is -2.57. The zero-order valence-electron chi connectivity index (χ0n) is 16.2. The van der Waals surface area contributed by atoms with Crippen molar-refractivity contribution in [3.63, 3.8) is 0 Å². The summed E-state index contributed by atoms with van der Waals surface area (Å²) in [4.78, 5) is 34.5. The van der Waals surface area contributed by atoms with Crippen LogP contribution in [0.25, 0.3) is 11.0 Å². The van der Waals surface area contributed by atoms with Crippen molar-refractivity contribution < 1.29 is 14.3 Å². The van der Waals surface area contributed by atoms with Gasteiger partial charge in [0.15, 0.2) is 0 Å². The van der Waals surface area contributed by atoms with E-state index in [1.807, 2.05) is 24.3 Å².